The maximum absolute atomic E-state index is 12.6. The lowest BCUT2D eigenvalue weighted by Gasteiger charge is -2.20. The van der Waals surface area contributed by atoms with E-state index in [-0.39, 0.29) is 5.97 Å². The average molecular weight is 389 g/mol. The Morgan fingerprint density at radius 2 is 1.69 bits per heavy atom. The molecule has 0 spiro atoms. The summed E-state index contributed by atoms with van der Waals surface area (Å²) in [5.41, 5.74) is 4.68. The highest BCUT2D eigenvalue weighted by Gasteiger charge is 2.28. The summed E-state index contributed by atoms with van der Waals surface area (Å²) in [6, 6.07) is 14.4. The topological polar surface area (TPSA) is 48.0 Å². The van der Waals surface area contributed by atoms with Gasteiger partial charge < -0.3 is 19.1 Å². The standard InChI is InChI=1S/C24H23NO4/c1-27-20-12-16-10-17-14-29-24(26)23(17)22(19(16)13-21(20)28-2)15-6-5-7-18(11-15)25-8-3-4-9-25/h5-7,10-13H,3-4,8-9,14H2,1-2H3. The van der Waals surface area contributed by atoms with Crippen molar-refractivity contribution in [3.8, 4) is 22.6 Å². The molecule has 29 heavy (non-hydrogen) atoms. The number of benzene rings is 3. The van der Waals surface area contributed by atoms with E-state index >= 15 is 0 Å². The maximum atomic E-state index is 12.6. The van der Waals surface area contributed by atoms with E-state index in [4.69, 9.17) is 14.2 Å². The van der Waals surface area contributed by atoms with Crippen molar-refractivity contribution in [2.24, 2.45) is 0 Å². The van der Waals surface area contributed by atoms with Gasteiger partial charge in [0, 0.05) is 29.9 Å². The second-order valence-corrected chi connectivity index (χ2v) is 7.53. The van der Waals surface area contributed by atoms with Crippen molar-refractivity contribution in [2.75, 3.05) is 32.2 Å². The van der Waals surface area contributed by atoms with Crippen LogP contribution in [0.4, 0.5) is 5.69 Å². The molecule has 0 unspecified atom stereocenters. The second kappa shape index (κ2) is 6.99. The Morgan fingerprint density at radius 1 is 0.931 bits per heavy atom. The van der Waals surface area contributed by atoms with Crippen LogP contribution in [0.2, 0.25) is 0 Å². The van der Waals surface area contributed by atoms with Crippen LogP contribution in [0.3, 0.4) is 0 Å². The molecule has 2 aliphatic heterocycles. The number of cyclic esters (lactones) is 1. The molecule has 148 valence electrons. The largest absolute Gasteiger partial charge is 0.493 e. The van der Waals surface area contributed by atoms with Crippen molar-refractivity contribution in [3.63, 3.8) is 0 Å². The Bertz CT molecular complexity index is 1120. The molecule has 1 saturated heterocycles. The average Bonchev–Trinajstić information content (AvgIpc) is 3.42. The molecule has 2 heterocycles. The zero-order chi connectivity index (χ0) is 20.0. The lowest BCUT2D eigenvalue weighted by molar-refractivity contribution is 0.0535. The number of hydrogen-bond acceptors (Lipinski definition) is 5. The number of anilines is 1. The minimum absolute atomic E-state index is 0.265. The smallest absolute Gasteiger partial charge is 0.339 e. The van der Waals surface area contributed by atoms with Crippen LogP contribution in [0.25, 0.3) is 21.9 Å². The van der Waals surface area contributed by atoms with Crippen LogP contribution in [-0.2, 0) is 11.3 Å². The van der Waals surface area contributed by atoms with E-state index in [1.165, 1.54) is 18.5 Å². The summed E-state index contributed by atoms with van der Waals surface area (Å²) in [6.45, 7) is 2.45. The van der Waals surface area contributed by atoms with Gasteiger partial charge in [-0.25, -0.2) is 4.79 Å². The van der Waals surface area contributed by atoms with E-state index in [1.54, 1.807) is 14.2 Å². The van der Waals surface area contributed by atoms with Gasteiger partial charge in [-0.15, -0.1) is 0 Å². The van der Waals surface area contributed by atoms with Gasteiger partial charge in [-0.1, -0.05) is 12.1 Å². The summed E-state index contributed by atoms with van der Waals surface area (Å²) in [5.74, 6) is 1.04. The van der Waals surface area contributed by atoms with Crippen molar-refractivity contribution in [1.29, 1.82) is 0 Å². The van der Waals surface area contributed by atoms with E-state index in [9.17, 15) is 4.79 Å². The minimum Gasteiger partial charge on any atom is -0.493 e. The van der Waals surface area contributed by atoms with Gasteiger partial charge in [-0.05, 0) is 59.5 Å². The molecule has 3 aromatic rings. The molecule has 3 aromatic carbocycles. The first-order chi connectivity index (χ1) is 14.2. The van der Waals surface area contributed by atoms with E-state index in [0.29, 0.717) is 23.7 Å². The van der Waals surface area contributed by atoms with E-state index in [0.717, 1.165) is 40.6 Å². The Hall–Kier alpha value is -3.21. The van der Waals surface area contributed by atoms with Gasteiger partial charge in [-0.2, -0.15) is 0 Å². The molecule has 0 saturated carbocycles. The van der Waals surface area contributed by atoms with Gasteiger partial charge in [0.05, 0.1) is 19.8 Å². The third-order valence-corrected chi connectivity index (χ3v) is 5.89. The van der Waals surface area contributed by atoms with Crippen LogP contribution in [0.1, 0.15) is 28.8 Å². The third-order valence-electron chi connectivity index (χ3n) is 5.89. The Morgan fingerprint density at radius 3 is 2.45 bits per heavy atom. The fourth-order valence-electron chi connectivity index (χ4n) is 4.48. The summed E-state index contributed by atoms with van der Waals surface area (Å²) in [6.07, 6.45) is 2.44. The summed E-state index contributed by atoms with van der Waals surface area (Å²) < 4.78 is 16.4. The molecule has 0 bridgehead atoms. The van der Waals surface area contributed by atoms with Gasteiger partial charge in [0.1, 0.15) is 6.61 Å². The first-order valence-electron chi connectivity index (χ1n) is 9.93. The van der Waals surface area contributed by atoms with E-state index in [2.05, 4.69) is 29.2 Å². The second-order valence-electron chi connectivity index (χ2n) is 7.53. The number of methoxy groups -OCH3 is 2. The number of fused-ring (bicyclic) bond motifs is 2. The van der Waals surface area contributed by atoms with Crippen LogP contribution in [0.15, 0.2) is 42.5 Å². The molecule has 1 fully saturated rings. The lowest BCUT2D eigenvalue weighted by Crippen LogP contribution is -2.17. The van der Waals surface area contributed by atoms with Crippen LogP contribution in [-0.4, -0.2) is 33.3 Å². The maximum Gasteiger partial charge on any atom is 0.339 e. The molecule has 5 rings (SSSR count). The SMILES string of the molecule is COc1cc2cc3c(c(-c4cccc(N5CCCC5)c4)c2cc1OC)C(=O)OC3. The highest BCUT2D eigenvalue weighted by Crippen LogP contribution is 2.43. The Labute approximate surface area is 169 Å². The summed E-state index contributed by atoms with van der Waals surface area (Å²) in [7, 11) is 3.25. The summed E-state index contributed by atoms with van der Waals surface area (Å²) in [4.78, 5) is 15.0. The van der Waals surface area contributed by atoms with E-state index in [1.807, 2.05) is 18.2 Å². The molecule has 0 amide bonds. The molecule has 0 aromatic heterocycles. The first kappa shape index (κ1) is 17.9. The zero-order valence-electron chi connectivity index (χ0n) is 16.7. The van der Waals surface area contributed by atoms with Gasteiger partial charge in [0.25, 0.3) is 0 Å². The molecule has 5 nitrogen and oxygen atoms in total. The van der Waals surface area contributed by atoms with Crippen LogP contribution >= 0.6 is 0 Å². The van der Waals surface area contributed by atoms with Crippen LogP contribution in [0.5, 0.6) is 11.5 Å². The minimum atomic E-state index is -0.265. The fraction of sp³-hybridized carbons (Fsp3) is 0.292. The summed E-state index contributed by atoms with van der Waals surface area (Å²) in [5, 5.41) is 1.96. The molecule has 0 atom stereocenters. The Kier molecular flexibility index (Phi) is 4.31. The van der Waals surface area contributed by atoms with Gasteiger partial charge in [-0.3, -0.25) is 0 Å². The first-order valence-corrected chi connectivity index (χ1v) is 9.93. The predicted octanol–water partition coefficient (Wildman–Crippen LogP) is 4.79. The Balaban J connectivity index is 1.79. The number of ether oxygens (including phenoxy) is 3. The van der Waals surface area contributed by atoms with E-state index < -0.39 is 0 Å². The number of carbonyl (C=O) groups is 1. The number of nitrogens with zero attached hydrogens (tertiary/aromatic N) is 1. The van der Waals surface area contributed by atoms with Crippen LogP contribution in [0, 0.1) is 0 Å². The lowest BCUT2D eigenvalue weighted by atomic mass is 9.90. The van der Waals surface area contributed by atoms with Crippen molar-refractivity contribution < 1.29 is 19.0 Å². The van der Waals surface area contributed by atoms with Crippen molar-refractivity contribution in [1.82, 2.24) is 0 Å². The normalized spacial score (nSPS) is 15.5. The van der Waals surface area contributed by atoms with Gasteiger partial charge in [0.2, 0.25) is 0 Å². The van der Waals surface area contributed by atoms with Crippen molar-refractivity contribution >= 4 is 22.4 Å². The van der Waals surface area contributed by atoms with Gasteiger partial charge in [0.15, 0.2) is 11.5 Å². The number of rotatable bonds is 4. The fourth-order valence-corrected chi connectivity index (χ4v) is 4.48. The number of esters is 1. The molecular formula is C24H23NO4. The molecule has 2 aliphatic rings. The molecule has 0 N–H and O–H groups in total. The highest BCUT2D eigenvalue weighted by atomic mass is 16.5. The number of hydrogen-bond donors (Lipinski definition) is 0. The molecular weight excluding hydrogens is 366 g/mol. The van der Waals surface area contributed by atoms with Crippen molar-refractivity contribution in [2.45, 2.75) is 19.4 Å². The third kappa shape index (κ3) is 2.89. The van der Waals surface area contributed by atoms with Gasteiger partial charge >= 0.3 is 5.97 Å². The quantitative estimate of drug-likeness (QED) is 0.600. The number of carbonyl (C=O) groups excluding carboxylic acids is 1. The molecule has 0 aliphatic carbocycles. The highest BCUT2D eigenvalue weighted by molar-refractivity contribution is 6.11. The molecule has 5 heteroatoms. The van der Waals surface area contributed by atoms with Crippen molar-refractivity contribution in [3.05, 3.63) is 53.6 Å². The van der Waals surface area contributed by atoms with Crippen LogP contribution < -0.4 is 14.4 Å². The monoisotopic (exact) mass is 389 g/mol. The predicted molar refractivity (Wildman–Crippen MR) is 113 cm³/mol. The summed E-state index contributed by atoms with van der Waals surface area (Å²) >= 11 is 0. The molecule has 0 radical (unpaired) electrons. The zero-order valence-corrected chi connectivity index (χ0v) is 16.7.